The Morgan fingerprint density at radius 2 is 2.12 bits per heavy atom. The Labute approximate surface area is 98.2 Å². The van der Waals surface area contributed by atoms with Crippen LogP contribution in [0.15, 0.2) is 24.3 Å². The zero-order valence-corrected chi connectivity index (χ0v) is 10.0. The van der Waals surface area contributed by atoms with Crippen LogP contribution in [0, 0.1) is 12.3 Å². The molecule has 0 saturated heterocycles. The van der Waals surface area contributed by atoms with Gasteiger partial charge < -0.3 is 5.73 Å². The minimum Gasteiger partial charge on any atom is -0.329 e. The molecular formula is C14H20N2. The van der Waals surface area contributed by atoms with Crippen molar-refractivity contribution in [2.75, 3.05) is 6.54 Å². The van der Waals surface area contributed by atoms with Crippen LogP contribution < -0.4 is 11.1 Å². The number of aryl methyl sites for hydroxylation is 1. The van der Waals surface area contributed by atoms with Gasteiger partial charge in [0, 0.05) is 12.6 Å². The number of benzene rings is 1. The molecule has 1 aromatic rings. The van der Waals surface area contributed by atoms with E-state index in [9.17, 15) is 0 Å². The molecule has 0 bridgehead atoms. The van der Waals surface area contributed by atoms with E-state index < -0.39 is 0 Å². The van der Waals surface area contributed by atoms with E-state index in [4.69, 9.17) is 12.2 Å². The largest absolute Gasteiger partial charge is 0.329 e. The normalized spacial score (nSPS) is 14.1. The minimum atomic E-state index is 0.0402. The van der Waals surface area contributed by atoms with Gasteiger partial charge in [0.1, 0.15) is 0 Å². The van der Waals surface area contributed by atoms with Crippen LogP contribution in [0.25, 0.3) is 0 Å². The summed E-state index contributed by atoms with van der Waals surface area (Å²) in [5, 5.41) is 3.35. The standard InChI is InChI=1S/C14H20N2/c1-4-11(3)16-14(10-15)13-9-7-6-8-12(13)5-2/h1,6-9,11,14,16H,5,10,15H2,2-3H3. The van der Waals surface area contributed by atoms with Crippen molar-refractivity contribution >= 4 is 0 Å². The molecule has 0 saturated carbocycles. The summed E-state index contributed by atoms with van der Waals surface area (Å²) in [4.78, 5) is 0. The molecule has 0 amide bonds. The first kappa shape index (κ1) is 12.8. The van der Waals surface area contributed by atoms with Crippen LogP contribution in [0.5, 0.6) is 0 Å². The lowest BCUT2D eigenvalue weighted by atomic mass is 9.98. The van der Waals surface area contributed by atoms with E-state index in [1.807, 2.05) is 13.0 Å². The molecule has 2 heteroatoms. The second kappa shape index (κ2) is 6.32. The summed E-state index contributed by atoms with van der Waals surface area (Å²) >= 11 is 0. The molecule has 0 heterocycles. The lowest BCUT2D eigenvalue weighted by Gasteiger charge is -2.22. The SMILES string of the molecule is C#CC(C)NC(CN)c1ccccc1CC. The Morgan fingerprint density at radius 1 is 1.44 bits per heavy atom. The average Bonchev–Trinajstić information content (AvgIpc) is 2.35. The Kier molecular flexibility index (Phi) is 5.04. The third-order valence-electron chi connectivity index (χ3n) is 2.75. The first-order valence-electron chi connectivity index (χ1n) is 5.73. The molecule has 3 N–H and O–H groups in total. The number of nitrogens with two attached hydrogens (primary N) is 1. The van der Waals surface area contributed by atoms with Gasteiger partial charge in [0.2, 0.25) is 0 Å². The summed E-state index contributed by atoms with van der Waals surface area (Å²) < 4.78 is 0. The quantitative estimate of drug-likeness (QED) is 0.737. The van der Waals surface area contributed by atoms with Crippen molar-refractivity contribution in [3.05, 3.63) is 35.4 Å². The summed E-state index contributed by atoms with van der Waals surface area (Å²) in [5.74, 6) is 2.67. The van der Waals surface area contributed by atoms with Gasteiger partial charge >= 0.3 is 0 Å². The maximum atomic E-state index is 5.80. The molecule has 0 aliphatic rings. The van der Waals surface area contributed by atoms with Crippen LogP contribution in [0.3, 0.4) is 0 Å². The molecule has 1 rings (SSSR count). The van der Waals surface area contributed by atoms with Crippen molar-refractivity contribution in [3.63, 3.8) is 0 Å². The highest BCUT2D eigenvalue weighted by molar-refractivity contribution is 5.30. The van der Waals surface area contributed by atoms with Gasteiger partial charge in [-0.3, -0.25) is 5.32 Å². The van der Waals surface area contributed by atoms with Gasteiger partial charge in [-0.15, -0.1) is 6.42 Å². The number of rotatable bonds is 5. The lowest BCUT2D eigenvalue weighted by Crippen LogP contribution is -2.34. The molecule has 1 aromatic carbocycles. The predicted molar refractivity (Wildman–Crippen MR) is 69.0 cm³/mol. The zero-order valence-electron chi connectivity index (χ0n) is 10.0. The fourth-order valence-corrected chi connectivity index (χ4v) is 1.83. The molecule has 0 aliphatic carbocycles. The summed E-state index contributed by atoms with van der Waals surface area (Å²) in [6, 6.07) is 8.54. The third kappa shape index (κ3) is 3.10. The van der Waals surface area contributed by atoms with Gasteiger partial charge in [-0.05, 0) is 24.5 Å². The Hall–Kier alpha value is -1.30. The highest BCUT2D eigenvalue weighted by atomic mass is 15.0. The van der Waals surface area contributed by atoms with Gasteiger partial charge in [-0.25, -0.2) is 0 Å². The molecule has 0 fully saturated rings. The maximum Gasteiger partial charge on any atom is 0.0663 e. The maximum absolute atomic E-state index is 5.80. The predicted octanol–water partition coefficient (Wildman–Crippen LogP) is 1.86. The van der Waals surface area contributed by atoms with Gasteiger partial charge in [0.05, 0.1) is 6.04 Å². The van der Waals surface area contributed by atoms with E-state index in [0.717, 1.165) is 6.42 Å². The van der Waals surface area contributed by atoms with Crippen LogP contribution in [0.4, 0.5) is 0 Å². The van der Waals surface area contributed by atoms with Gasteiger partial charge in [-0.2, -0.15) is 0 Å². The minimum absolute atomic E-state index is 0.0402. The van der Waals surface area contributed by atoms with Crippen molar-refractivity contribution in [2.45, 2.75) is 32.4 Å². The Bertz CT molecular complexity index is 365. The molecule has 0 aromatic heterocycles. The summed E-state index contributed by atoms with van der Waals surface area (Å²) in [7, 11) is 0. The summed E-state index contributed by atoms with van der Waals surface area (Å²) in [6.07, 6.45) is 6.38. The molecule has 0 radical (unpaired) electrons. The molecule has 2 nitrogen and oxygen atoms in total. The first-order chi connectivity index (χ1) is 7.72. The lowest BCUT2D eigenvalue weighted by molar-refractivity contribution is 0.515. The first-order valence-corrected chi connectivity index (χ1v) is 5.73. The molecule has 2 unspecified atom stereocenters. The van der Waals surface area contributed by atoms with Crippen LogP contribution in [-0.4, -0.2) is 12.6 Å². The smallest absolute Gasteiger partial charge is 0.0663 e. The molecular weight excluding hydrogens is 196 g/mol. The van der Waals surface area contributed by atoms with Crippen LogP contribution in [-0.2, 0) is 6.42 Å². The Balaban J connectivity index is 2.90. The average molecular weight is 216 g/mol. The number of nitrogens with one attached hydrogen (secondary N) is 1. The monoisotopic (exact) mass is 216 g/mol. The second-order valence-electron chi connectivity index (χ2n) is 3.90. The molecule has 2 atom stereocenters. The highest BCUT2D eigenvalue weighted by Crippen LogP contribution is 2.18. The second-order valence-corrected chi connectivity index (χ2v) is 3.90. The molecule has 0 spiro atoms. The van der Waals surface area contributed by atoms with Crippen LogP contribution in [0.2, 0.25) is 0 Å². The zero-order chi connectivity index (χ0) is 12.0. The van der Waals surface area contributed by atoms with E-state index in [1.165, 1.54) is 11.1 Å². The molecule has 86 valence electrons. The van der Waals surface area contributed by atoms with Gasteiger partial charge in [0.15, 0.2) is 0 Å². The fourth-order valence-electron chi connectivity index (χ4n) is 1.83. The van der Waals surface area contributed by atoms with Gasteiger partial charge in [-0.1, -0.05) is 37.1 Å². The summed E-state index contributed by atoms with van der Waals surface area (Å²) in [6.45, 7) is 4.68. The van der Waals surface area contributed by atoms with Crippen molar-refractivity contribution in [1.29, 1.82) is 0 Å². The fraction of sp³-hybridized carbons (Fsp3) is 0.429. The number of hydrogen-bond donors (Lipinski definition) is 2. The number of terminal acetylenes is 1. The third-order valence-corrected chi connectivity index (χ3v) is 2.75. The summed E-state index contributed by atoms with van der Waals surface area (Å²) in [5.41, 5.74) is 8.39. The van der Waals surface area contributed by atoms with Gasteiger partial charge in [0.25, 0.3) is 0 Å². The van der Waals surface area contributed by atoms with E-state index >= 15 is 0 Å². The van der Waals surface area contributed by atoms with Crippen molar-refractivity contribution in [3.8, 4) is 12.3 Å². The topological polar surface area (TPSA) is 38.0 Å². The van der Waals surface area contributed by atoms with Crippen molar-refractivity contribution in [1.82, 2.24) is 5.32 Å². The van der Waals surface area contributed by atoms with Crippen LogP contribution >= 0.6 is 0 Å². The van der Waals surface area contributed by atoms with Crippen molar-refractivity contribution < 1.29 is 0 Å². The van der Waals surface area contributed by atoms with E-state index in [0.29, 0.717) is 6.54 Å². The highest BCUT2D eigenvalue weighted by Gasteiger charge is 2.13. The van der Waals surface area contributed by atoms with Crippen LogP contribution in [0.1, 0.15) is 31.0 Å². The van der Waals surface area contributed by atoms with Crippen molar-refractivity contribution in [2.24, 2.45) is 5.73 Å². The van der Waals surface area contributed by atoms with E-state index in [2.05, 4.69) is 36.4 Å². The van der Waals surface area contributed by atoms with E-state index in [-0.39, 0.29) is 12.1 Å². The van der Waals surface area contributed by atoms with E-state index in [1.54, 1.807) is 0 Å². The number of hydrogen-bond acceptors (Lipinski definition) is 2. The molecule has 16 heavy (non-hydrogen) atoms. The molecule has 0 aliphatic heterocycles. The Morgan fingerprint density at radius 3 is 2.69 bits per heavy atom.